The average Bonchev–Trinajstić information content (AvgIpc) is 2.49. The predicted molar refractivity (Wildman–Crippen MR) is 80.4 cm³/mol. The number of carbonyl (C=O) groups is 2. The smallest absolute Gasteiger partial charge is 0.418 e. The first-order chi connectivity index (χ1) is 10.0. The monoisotopic (exact) mass is 324 g/mol. The zero-order valence-corrected chi connectivity index (χ0v) is 12.4. The second-order valence-electron chi connectivity index (χ2n) is 3.97. The molecule has 0 fully saturated rings. The third-order valence-corrected chi connectivity index (χ3v) is 3.10. The van der Waals surface area contributed by atoms with Crippen molar-refractivity contribution >= 4 is 45.9 Å². The van der Waals surface area contributed by atoms with Gasteiger partial charge < -0.3 is 4.74 Å². The fourth-order valence-electron chi connectivity index (χ4n) is 1.72. The molecule has 7 heteroatoms. The summed E-state index contributed by atoms with van der Waals surface area (Å²) in [5, 5.41) is -0.316. The lowest BCUT2D eigenvalue weighted by Crippen LogP contribution is -2.25. The van der Waals surface area contributed by atoms with Crippen LogP contribution in [0.15, 0.2) is 42.6 Å². The summed E-state index contributed by atoms with van der Waals surface area (Å²) in [6.45, 7) is 0. The van der Waals surface area contributed by atoms with Gasteiger partial charge in [0.25, 0.3) is 5.24 Å². The molecule has 1 aromatic carbocycles. The molecule has 21 heavy (non-hydrogen) atoms. The molecule has 0 aliphatic heterocycles. The van der Waals surface area contributed by atoms with Crippen LogP contribution in [-0.2, 0) is 4.74 Å². The van der Waals surface area contributed by atoms with E-state index in [9.17, 15) is 9.59 Å². The van der Waals surface area contributed by atoms with Crippen LogP contribution in [0.3, 0.4) is 0 Å². The third-order valence-electron chi connectivity index (χ3n) is 2.66. The van der Waals surface area contributed by atoms with Crippen molar-refractivity contribution < 1.29 is 14.3 Å². The first-order valence-corrected chi connectivity index (χ1v) is 6.58. The standard InChI is InChI=1S/C14H10Cl2N2O3/c1-21-14(20)18(11-5-6-12(15)17-8-11)10-4-2-3-9(7-10)13(16)19/h2-8H,1H3. The van der Waals surface area contributed by atoms with Gasteiger partial charge in [0, 0.05) is 5.56 Å². The van der Waals surface area contributed by atoms with Crippen LogP contribution in [-0.4, -0.2) is 23.4 Å². The van der Waals surface area contributed by atoms with Gasteiger partial charge >= 0.3 is 6.09 Å². The summed E-state index contributed by atoms with van der Waals surface area (Å²) in [7, 11) is 1.26. The SMILES string of the molecule is COC(=O)N(c1ccc(Cl)nc1)c1cccc(C(=O)Cl)c1. The van der Waals surface area contributed by atoms with Crippen molar-refractivity contribution in [3.05, 3.63) is 53.3 Å². The van der Waals surface area contributed by atoms with Crippen LogP contribution < -0.4 is 4.90 Å². The van der Waals surface area contributed by atoms with E-state index in [-0.39, 0.29) is 5.56 Å². The van der Waals surface area contributed by atoms with E-state index in [1.807, 2.05) is 0 Å². The molecule has 108 valence electrons. The molecular weight excluding hydrogens is 315 g/mol. The summed E-state index contributed by atoms with van der Waals surface area (Å²) in [6.07, 6.45) is 0.798. The van der Waals surface area contributed by atoms with Crippen LogP contribution in [0.25, 0.3) is 0 Å². The highest BCUT2D eigenvalue weighted by atomic mass is 35.5. The second-order valence-corrected chi connectivity index (χ2v) is 4.70. The number of carbonyl (C=O) groups excluding carboxylic acids is 2. The van der Waals surface area contributed by atoms with E-state index in [0.29, 0.717) is 16.5 Å². The number of amides is 1. The first kappa shape index (κ1) is 15.3. The van der Waals surface area contributed by atoms with Gasteiger partial charge in [0.1, 0.15) is 5.15 Å². The molecule has 0 aliphatic carbocycles. The second kappa shape index (κ2) is 6.56. The minimum absolute atomic E-state index is 0.269. The van der Waals surface area contributed by atoms with Crippen LogP contribution in [0.5, 0.6) is 0 Å². The van der Waals surface area contributed by atoms with Crippen LogP contribution in [0.1, 0.15) is 10.4 Å². The van der Waals surface area contributed by atoms with Gasteiger partial charge in [-0.15, -0.1) is 0 Å². The number of anilines is 2. The molecule has 0 atom stereocenters. The minimum Gasteiger partial charge on any atom is -0.452 e. The van der Waals surface area contributed by atoms with Crippen molar-refractivity contribution in [2.75, 3.05) is 12.0 Å². The van der Waals surface area contributed by atoms with Gasteiger partial charge in [-0.05, 0) is 41.9 Å². The highest BCUT2D eigenvalue weighted by Gasteiger charge is 2.20. The molecule has 0 bridgehead atoms. The molecule has 0 unspecified atom stereocenters. The Bertz CT molecular complexity index is 674. The Morgan fingerprint density at radius 2 is 1.95 bits per heavy atom. The van der Waals surface area contributed by atoms with E-state index >= 15 is 0 Å². The fourth-order valence-corrected chi connectivity index (χ4v) is 1.95. The Kier molecular flexibility index (Phi) is 4.77. The third kappa shape index (κ3) is 3.51. The summed E-state index contributed by atoms with van der Waals surface area (Å²) >= 11 is 11.2. The molecule has 1 amide bonds. The van der Waals surface area contributed by atoms with Gasteiger partial charge in [0.2, 0.25) is 0 Å². The van der Waals surface area contributed by atoms with Crippen molar-refractivity contribution in [2.24, 2.45) is 0 Å². The maximum absolute atomic E-state index is 12.0. The van der Waals surface area contributed by atoms with E-state index in [1.165, 1.54) is 24.3 Å². The van der Waals surface area contributed by atoms with Crippen molar-refractivity contribution in [3.63, 3.8) is 0 Å². The minimum atomic E-state index is -0.627. The molecule has 0 radical (unpaired) electrons. The molecule has 0 saturated carbocycles. The zero-order chi connectivity index (χ0) is 15.4. The molecule has 2 rings (SSSR count). The maximum atomic E-state index is 12.0. The summed E-state index contributed by atoms with van der Waals surface area (Å²) in [4.78, 5) is 28.4. The summed E-state index contributed by atoms with van der Waals surface area (Å²) in [5.41, 5.74) is 1.15. The molecule has 0 saturated heterocycles. The number of pyridine rings is 1. The topological polar surface area (TPSA) is 59.5 Å². The van der Waals surface area contributed by atoms with E-state index in [4.69, 9.17) is 27.9 Å². The lowest BCUT2D eigenvalue weighted by Gasteiger charge is -2.21. The largest absolute Gasteiger partial charge is 0.452 e. The first-order valence-electron chi connectivity index (χ1n) is 5.82. The molecule has 5 nitrogen and oxygen atoms in total. The lowest BCUT2D eigenvalue weighted by atomic mass is 10.2. The molecule has 2 aromatic rings. The van der Waals surface area contributed by atoms with Crippen LogP contribution >= 0.6 is 23.2 Å². The molecular formula is C14H10Cl2N2O3. The van der Waals surface area contributed by atoms with Gasteiger partial charge in [-0.25, -0.2) is 14.7 Å². The van der Waals surface area contributed by atoms with E-state index in [1.54, 1.807) is 30.3 Å². The predicted octanol–water partition coefficient (Wildman–Crippen LogP) is 4.02. The Morgan fingerprint density at radius 1 is 1.19 bits per heavy atom. The number of benzene rings is 1. The van der Waals surface area contributed by atoms with Crippen molar-refractivity contribution in [1.29, 1.82) is 0 Å². The normalized spacial score (nSPS) is 10.0. The maximum Gasteiger partial charge on any atom is 0.418 e. The molecule has 0 spiro atoms. The quantitative estimate of drug-likeness (QED) is 0.632. The van der Waals surface area contributed by atoms with Crippen molar-refractivity contribution in [2.45, 2.75) is 0 Å². The fraction of sp³-hybridized carbons (Fsp3) is 0.0714. The Balaban J connectivity index is 2.50. The van der Waals surface area contributed by atoms with Gasteiger partial charge in [-0.2, -0.15) is 0 Å². The summed E-state index contributed by atoms with van der Waals surface area (Å²) in [6, 6.07) is 9.46. The van der Waals surface area contributed by atoms with Gasteiger partial charge in [-0.3, -0.25) is 4.79 Å². The van der Waals surface area contributed by atoms with E-state index in [2.05, 4.69) is 4.98 Å². The molecule has 1 heterocycles. The number of ether oxygens (including phenoxy) is 1. The number of rotatable bonds is 3. The number of halogens is 2. The Morgan fingerprint density at radius 3 is 2.52 bits per heavy atom. The Hall–Kier alpha value is -2.11. The molecule has 0 N–H and O–H groups in total. The van der Waals surface area contributed by atoms with Crippen molar-refractivity contribution in [3.8, 4) is 0 Å². The van der Waals surface area contributed by atoms with Gasteiger partial charge in [0.15, 0.2) is 0 Å². The number of hydrogen-bond donors (Lipinski definition) is 0. The summed E-state index contributed by atoms with van der Waals surface area (Å²) < 4.78 is 4.76. The van der Waals surface area contributed by atoms with E-state index < -0.39 is 11.3 Å². The molecule has 0 aliphatic rings. The lowest BCUT2D eigenvalue weighted by molar-refractivity contribution is 0.108. The van der Waals surface area contributed by atoms with E-state index in [0.717, 1.165) is 0 Å². The zero-order valence-electron chi connectivity index (χ0n) is 10.9. The summed E-state index contributed by atoms with van der Waals surface area (Å²) in [5.74, 6) is 0. The Labute approximate surface area is 131 Å². The number of hydrogen-bond acceptors (Lipinski definition) is 4. The number of aromatic nitrogens is 1. The van der Waals surface area contributed by atoms with Gasteiger partial charge in [-0.1, -0.05) is 17.7 Å². The highest BCUT2D eigenvalue weighted by Crippen LogP contribution is 2.27. The van der Waals surface area contributed by atoms with Crippen LogP contribution in [0.2, 0.25) is 5.15 Å². The van der Waals surface area contributed by atoms with Gasteiger partial charge in [0.05, 0.1) is 24.7 Å². The van der Waals surface area contributed by atoms with Crippen LogP contribution in [0.4, 0.5) is 16.2 Å². The highest BCUT2D eigenvalue weighted by molar-refractivity contribution is 6.67. The number of methoxy groups -OCH3 is 1. The number of nitrogens with zero attached hydrogens (tertiary/aromatic N) is 2. The van der Waals surface area contributed by atoms with Crippen molar-refractivity contribution in [1.82, 2.24) is 4.98 Å². The average molecular weight is 325 g/mol. The molecule has 1 aromatic heterocycles. The van der Waals surface area contributed by atoms with Crippen LogP contribution in [0, 0.1) is 0 Å².